The van der Waals surface area contributed by atoms with Crippen LogP contribution in [0.2, 0.25) is 0 Å². The molecule has 3 unspecified atom stereocenters. The fourth-order valence-electron chi connectivity index (χ4n) is 2.93. The molecular weight excluding hydrogens is 312 g/mol. The van der Waals surface area contributed by atoms with Crippen molar-refractivity contribution in [1.82, 2.24) is 10.6 Å². The lowest BCUT2D eigenvalue weighted by Crippen LogP contribution is -2.69. The van der Waals surface area contributed by atoms with Gasteiger partial charge in [-0.3, -0.25) is 10.1 Å². The minimum absolute atomic E-state index is 0.0226. The van der Waals surface area contributed by atoms with Gasteiger partial charge in [-0.05, 0) is 32.0 Å². The summed E-state index contributed by atoms with van der Waals surface area (Å²) in [6, 6.07) is 4.89. The Hall–Kier alpha value is -1.56. The zero-order chi connectivity index (χ0) is 13.8. The van der Waals surface area contributed by atoms with Gasteiger partial charge in [-0.1, -0.05) is 15.9 Å². The summed E-state index contributed by atoms with van der Waals surface area (Å²) < 4.78 is 6.76. The first-order chi connectivity index (χ1) is 8.90. The fourth-order valence-corrected chi connectivity index (χ4v) is 3.31. The standard InChI is InChI=1S/C13H13BrN2O3/c1-6(17)10-11-8-5-7(14)3-4-9(8)19-13(10,2)16-12(18)15-11/h3-5,10-11H,1-2H3,(H2,15,16,18). The Balaban J connectivity index is 2.18. The Labute approximate surface area is 118 Å². The largest absolute Gasteiger partial charge is 0.467 e. The Morgan fingerprint density at radius 1 is 1.47 bits per heavy atom. The van der Waals surface area contributed by atoms with Gasteiger partial charge in [0, 0.05) is 10.0 Å². The second kappa shape index (κ2) is 3.96. The quantitative estimate of drug-likeness (QED) is 0.831. The first-order valence-corrected chi connectivity index (χ1v) is 6.77. The van der Waals surface area contributed by atoms with Crippen LogP contribution in [0.15, 0.2) is 22.7 Å². The number of hydrogen-bond acceptors (Lipinski definition) is 3. The van der Waals surface area contributed by atoms with Crippen LogP contribution in [-0.2, 0) is 4.79 Å². The molecule has 0 aromatic heterocycles. The molecule has 6 heteroatoms. The first-order valence-electron chi connectivity index (χ1n) is 5.98. The number of urea groups is 1. The van der Waals surface area contributed by atoms with Crippen LogP contribution < -0.4 is 15.4 Å². The zero-order valence-corrected chi connectivity index (χ0v) is 12.1. The smallest absolute Gasteiger partial charge is 0.318 e. The number of Topliss-reactive ketones (excluding diaryl/α,β-unsaturated/α-hetero) is 1. The predicted molar refractivity (Wildman–Crippen MR) is 71.8 cm³/mol. The Kier molecular flexibility index (Phi) is 2.60. The average molecular weight is 325 g/mol. The summed E-state index contributed by atoms with van der Waals surface area (Å²) in [5.41, 5.74) is -0.179. The van der Waals surface area contributed by atoms with Gasteiger partial charge in [0.05, 0.1) is 6.04 Å². The molecule has 0 saturated carbocycles. The van der Waals surface area contributed by atoms with Gasteiger partial charge in [0.1, 0.15) is 17.5 Å². The maximum Gasteiger partial charge on any atom is 0.318 e. The molecule has 0 radical (unpaired) electrons. The highest BCUT2D eigenvalue weighted by atomic mass is 79.9. The molecular formula is C13H13BrN2O3. The number of carbonyl (C=O) groups is 2. The van der Waals surface area contributed by atoms with Gasteiger partial charge in [0.25, 0.3) is 0 Å². The number of benzene rings is 1. The van der Waals surface area contributed by atoms with Crippen LogP contribution in [0.5, 0.6) is 5.75 Å². The van der Waals surface area contributed by atoms with E-state index in [9.17, 15) is 9.59 Å². The number of ketones is 1. The molecule has 1 fully saturated rings. The van der Waals surface area contributed by atoms with E-state index in [4.69, 9.17) is 4.74 Å². The van der Waals surface area contributed by atoms with E-state index in [2.05, 4.69) is 26.6 Å². The van der Waals surface area contributed by atoms with Gasteiger partial charge in [-0.25, -0.2) is 4.79 Å². The molecule has 1 saturated heterocycles. The van der Waals surface area contributed by atoms with E-state index in [-0.39, 0.29) is 17.9 Å². The minimum Gasteiger partial charge on any atom is -0.467 e. The average Bonchev–Trinajstić information content (AvgIpc) is 2.28. The number of rotatable bonds is 1. The maximum atomic E-state index is 11.9. The molecule has 1 aromatic rings. The van der Waals surface area contributed by atoms with E-state index in [1.165, 1.54) is 6.92 Å². The number of hydrogen-bond donors (Lipinski definition) is 2. The van der Waals surface area contributed by atoms with Gasteiger partial charge in [0.15, 0.2) is 5.72 Å². The van der Waals surface area contributed by atoms with Crippen LogP contribution in [0.1, 0.15) is 25.5 Å². The van der Waals surface area contributed by atoms with Crippen LogP contribution in [0, 0.1) is 5.92 Å². The summed E-state index contributed by atoms with van der Waals surface area (Å²) in [7, 11) is 0. The van der Waals surface area contributed by atoms with Gasteiger partial charge >= 0.3 is 6.03 Å². The normalized spacial score (nSPS) is 31.6. The molecule has 2 aliphatic heterocycles. The van der Waals surface area contributed by atoms with Gasteiger partial charge < -0.3 is 10.1 Å². The number of fused-ring (bicyclic) bond motifs is 4. The summed E-state index contributed by atoms with van der Waals surface area (Å²) in [5, 5.41) is 5.52. The summed E-state index contributed by atoms with van der Waals surface area (Å²) in [6.45, 7) is 3.25. The SMILES string of the molecule is CC(=O)C1C2NC(=O)NC1(C)Oc1ccc(Br)cc12. The van der Waals surface area contributed by atoms with E-state index in [0.717, 1.165) is 10.0 Å². The second-order valence-corrected chi connectivity index (χ2v) is 5.97. The summed E-state index contributed by atoms with van der Waals surface area (Å²) in [6.07, 6.45) is 0. The molecule has 5 nitrogen and oxygen atoms in total. The summed E-state index contributed by atoms with van der Waals surface area (Å²) >= 11 is 3.40. The van der Waals surface area contributed by atoms with Crippen LogP contribution >= 0.6 is 15.9 Å². The molecule has 2 N–H and O–H groups in total. The molecule has 0 spiro atoms. The monoisotopic (exact) mass is 324 g/mol. The van der Waals surface area contributed by atoms with E-state index < -0.39 is 11.6 Å². The fraction of sp³-hybridized carbons (Fsp3) is 0.385. The van der Waals surface area contributed by atoms with E-state index >= 15 is 0 Å². The molecule has 3 rings (SSSR count). The highest BCUT2D eigenvalue weighted by molar-refractivity contribution is 9.10. The lowest BCUT2D eigenvalue weighted by Gasteiger charge is -2.49. The Morgan fingerprint density at radius 3 is 2.89 bits per heavy atom. The molecule has 100 valence electrons. The second-order valence-electron chi connectivity index (χ2n) is 5.06. The highest BCUT2D eigenvalue weighted by Gasteiger charge is 2.54. The van der Waals surface area contributed by atoms with E-state index in [0.29, 0.717) is 5.75 Å². The van der Waals surface area contributed by atoms with Crippen LogP contribution in [0.4, 0.5) is 4.79 Å². The van der Waals surface area contributed by atoms with Crippen molar-refractivity contribution in [2.75, 3.05) is 0 Å². The van der Waals surface area contributed by atoms with Crippen molar-refractivity contribution in [1.29, 1.82) is 0 Å². The van der Waals surface area contributed by atoms with Gasteiger partial charge in [-0.2, -0.15) is 0 Å². The molecule has 0 aliphatic carbocycles. The third-order valence-corrected chi connectivity index (χ3v) is 4.14. The maximum absolute atomic E-state index is 11.9. The van der Waals surface area contributed by atoms with Gasteiger partial charge in [-0.15, -0.1) is 0 Å². The minimum atomic E-state index is -1.00. The molecule has 19 heavy (non-hydrogen) atoms. The molecule has 2 heterocycles. The first kappa shape index (κ1) is 12.5. The third-order valence-electron chi connectivity index (χ3n) is 3.64. The molecule has 2 bridgehead atoms. The van der Waals surface area contributed by atoms with Crippen molar-refractivity contribution < 1.29 is 14.3 Å². The lowest BCUT2D eigenvalue weighted by molar-refractivity contribution is -0.134. The van der Waals surface area contributed by atoms with Crippen molar-refractivity contribution in [2.45, 2.75) is 25.6 Å². The van der Waals surface area contributed by atoms with Crippen LogP contribution in [0.3, 0.4) is 0 Å². The van der Waals surface area contributed by atoms with Crippen molar-refractivity contribution in [3.63, 3.8) is 0 Å². The van der Waals surface area contributed by atoms with Crippen LogP contribution in [-0.4, -0.2) is 17.5 Å². The van der Waals surface area contributed by atoms with Crippen molar-refractivity contribution in [2.24, 2.45) is 5.92 Å². The van der Waals surface area contributed by atoms with Crippen molar-refractivity contribution in [3.05, 3.63) is 28.2 Å². The zero-order valence-electron chi connectivity index (χ0n) is 10.5. The number of carbonyl (C=O) groups excluding carboxylic acids is 2. The number of amides is 2. The Bertz CT molecular complexity index is 589. The highest BCUT2D eigenvalue weighted by Crippen LogP contribution is 2.45. The van der Waals surface area contributed by atoms with E-state index in [1.807, 2.05) is 18.2 Å². The molecule has 3 atom stereocenters. The Morgan fingerprint density at radius 2 is 2.21 bits per heavy atom. The lowest BCUT2D eigenvalue weighted by atomic mass is 9.78. The van der Waals surface area contributed by atoms with Crippen LogP contribution in [0.25, 0.3) is 0 Å². The predicted octanol–water partition coefficient (Wildman–Crippen LogP) is 2.12. The number of halogens is 1. The van der Waals surface area contributed by atoms with Crippen molar-refractivity contribution in [3.8, 4) is 5.75 Å². The van der Waals surface area contributed by atoms with Crippen molar-refractivity contribution >= 4 is 27.7 Å². The molecule has 1 aromatic carbocycles. The number of ether oxygens (including phenoxy) is 1. The molecule has 2 amide bonds. The number of nitrogens with one attached hydrogen (secondary N) is 2. The summed E-state index contributed by atoms with van der Waals surface area (Å²) in [5.74, 6) is 0.207. The topological polar surface area (TPSA) is 67.4 Å². The molecule has 2 aliphatic rings. The van der Waals surface area contributed by atoms with E-state index in [1.54, 1.807) is 6.92 Å². The third kappa shape index (κ3) is 1.82. The summed E-state index contributed by atoms with van der Waals surface area (Å²) in [4.78, 5) is 23.7. The van der Waals surface area contributed by atoms with Gasteiger partial charge in [0.2, 0.25) is 0 Å².